The van der Waals surface area contributed by atoms with Gasteiger partial charge < -0.3 is 4.40 Å². The summed E-state index contributed by atoms with van der Waals surface area (Å²) < 4.78 is 2.53. The van der Waals surface area contributed by atoms with E-state index in [-0.39, 0.29) is 5.41 Å². The number of aryl methyl sites for hydroxylation is 1. The number of fused-ring (bicyclic) bond motifs is 6. The smallest absolute Gasteiger partial charge is 0.0822 e. The number of aromatic nitrogens is 2. The summed E-state index contributed by atoms with van der Waals surface area (Å²) in [6.07, 6.45) is 1.97. The molecule has 0 unspecified atom stereocenters. The summed E-state index contributed by atoms with van der Waals surface area (Å²) in [5.74, 6) is 0. The molecule has 7 rings (SSSR count). The first-order chi connectivity index (χ1) is 16.4. The minimum absolute atomic E-state index is 0.00373. The Bertz CT molecular complexity index is 1880. The molecule has 0 N–H and O–H groups in total. The van der Waals surface area contributed by atoms with E-state index in [1.54, 1.807) is 0 Å². The van der Waals surface area contributed by atoms with Gasteiger partial charge in [-0.1, -0.05) is 80.9 Å². The van der Waals surface area contributed by atoms with Gasteiger partial charge in [0.25, 0.3) is 0 Å². The quantitative estimate of drug-likeness (QED) is 0.185. The molecule has 0 spiro atoms. The van der Waals surface area contributed by atoms with Gasteiger partial charge in [-0.25, -0.2) is 0 Å². The highest BCUT2D eigenvalue weighted by Crippen LogP contribution is 2.46. The van der Waals surface area contributed by atoms with Crippen LogP contribution in [0.5, 0.6) is 0 Å². The molecule has 0 radical (unpaired) electrons. The van der Waals surface area contributed by atoms with Crippen molar-refractivity contribution in [2.75, 3.05) is 0 Å². The normalized spacial score (nSPS) is 12.7. The number of hydrogen-bond acceptors (Lipinski definition) is 1. The van der Waals surface area contributed by atoms with Gasteiger partial charge in [0.2, 0.25) is 0 Å². The van der Waals surface area contributed by atoms with E-state index < -0.39 is 0 Å². The largest absolute Gasteiger partial charge is 0.308 e. The lowest BCUT2D eigenvalue weighted by Crippen LogP contribution is -2.14. The minimum atomic E-state index is -0.00373. The van der Waals surface area contributed by atoms with Crippen LogP contribution in [-0.2, 0) is 5.41 Å². The third-order valence-corrected chi connectivity index (χ3v) is 7.29. The Morgan fingerprint density at radius 1 is 0.735 bits per heavy atom. The Labute approximate surface area is 198 Å². The maximum atomic E-state index is 4.98. The van der Waals surface area contributed by atoms with Gasteiger partial charge in [-0.2, -0.15) is 0 Å². The zero-order valence-corrected chi connectivity index (χ0v) is 20.0. The van der Waals surface area contributed by atoms with Crippen molar-refractivity contribution in [2.45, 2.75) is 33.1 Å². The van der Waals surface area contributed by atoms with Crippen LogP contribution in [0, 0.1) is 6.92 Å². The van der Waals surface area contributed by atoms with Crippen LogP contribution >= 0.6 is 0 Å². The van der Waals surface area contributed by atoms with Crippen molar-refractivity contribution in [1.29, 1.82) is 0 Å². The second kappa shape index (κ2) is 6.57. The van der Waals surface area contributed by atoms with Gasteiger partial charge in [-0.05, 0) is 58.7 Å². The summed E-state index contributed by atoms with van der Waals surface area (Å²) in [7, 11) is 0. The van der Waals surface area contributed by atoms with Gasteiger partial charge in [-0.15, -0.1) is 0 Å². The molecule has 0 amide bonds. The average molecular weight is 439 g/mol. The highest BCUT2D eigenvalue weighted by molar-refractivity contribution is 6.31. The van der Waals surface area contributed by atoms with Crippen LogP contribution < -0.4 is 0 Å². The summed E-state index contributed by atoms with van der Waals surface area (Å²) in [5, 5.41) is 6.34. The summed E-state index contributed by atoms with van der Waals surface area (Å²) in [5.41, 5.74) is 10.1. The highest BCUT2D eigenvalue weighted by atomic mass is 14.9. The summed E-state index contributed by atoms with van der Waals surface area (Å²) in [4.78, 5) is 4.98. The lowest BCUT2D eigenvalue weighted by molar-refractivity contribution is 0.594. The fraction of sp³-hybridized carbons (Fsp3) is 0.156. The second-order valence-corrected chi connectivity index (χ2v) is 10.6. The molecule has 0 saturated heterocycles. The molecular formula is C32H26N2. The SMILES string of the molecule is Cc1cc(C(C)(C)C)c2c(c1)c1nccc3cc(-c4ccccc4)c4c5ccccc5n2c4c31. The predicted octanol–water partition coefficient (Wildman–Crippen LogP) is 8.66. The number of para-hydroxylation sites is 1. The molecule has 3 aromatic heterocycles. The second-order valence-electron chi connectivity index (χ2n) is 10.6. The Kier molecular flexibility index (Phi) is 3.78. The molecule has 0 saturated carbocycles. The fourth-order valence-corrected chi connectivity index (χ4v) is 5.88. The van der Waals surface area contributed by atoms with Crippen molar-refractivity contribution in [1.82, 2.24) is 9.38 Å². The number of hydrogen-bond donors (Lipinski definition) is 0. The van der Waals surface area contributed by atoms with Gasteiger partial charge >= 0.3 is 0 Å². The fourth-order valence-electron chi connectivity index (χ4n) is 5.88. The van der Waals surface area contributed by atoms with Crippen LogP contribution in [0.1, 0.15) is 31.9 Å². The van der Waals surface area contributed by atoms with Gasteiger partial charge in [0.05, 0.1) is 22.1 Å². The molecular weight excluding hydrogens is 412 g/mol. The highest BCUT2D eigenvalue weighted by Gasteiger charge is 2.26. The third-order valence-electron chi connectivity index (χ3n) is 7.29. The number of rotatable bonds is 1. The molecule has 4 aromatic carbocycles. The van der Waals surface area contributed by atoms with E-state index >= 15 is 0 Å². The van der Waals surface area contributed by atoms with Crippen molar-refractivity contribution in [2.24, 2.45) is 0 Å². The average Bonchev–Trinajstić information content (AvgIpc) is 3.18. The molecule has 164 valence electrons. The number of nitrogens with zero attached hydrogens (tertiary/aromatic N) is 2. The van der Waals surface area contributed by atoms with E-state index in [9.17, 15) is 0 Å². The van der Waals surface area contributed by atoms with E-state index in [2.05, 4.69) is 111 Å². The minimum Gasteiger partial charge on any atom is -0.308 e. The van der Waals surface area contributed by atoms with Crippen LogP contribution in [0.2, 0.25) is 0 Å². The van der Waals surface area contributed by atoms with Crippen LogP contribution in [-0.4, -0.2) is 9.38 Å². The van der Waals surface area contributed by atoms with Gasteiger partial charge in [-0.3, -0.25) is 4.98 Å². The van der Waals surface area contributed by atoms with Crippen LogP contribution in [0.3, 0.4) is 0 Å². The first-order valence-corrected chi connectivity index (χ1v) is 12.0. The van der Waals surface area contributed by atoms with E-state index in [1.165, 1.54) is 65.7 Å². The van der Waals surface area contributed by atoms with E-state index in [0.717, 1.165) is 5.52 Å². The molecule has 2 nitrogen and oxygen atoms in total. The Hall–Kier alpha value is -3.91. The number of benzene rings is 4. The standard InChI is InChI=1S/C32H26N2/c1-19-16-24-29-27-21(14-15-33-29)18-23(20-10-6-5-7-11-20)28-22-12-8-9-13-26(22)34(31(27)28)30(24)25(17-19)32(2,3)4/h5-18H,1-4H3. The molecule has 0 aliphatic carbocycles. The van der Waals surface area contributed by atoms with Crippen LogP contribution in [0.4, 0.5) is 0 Å². The van der Waals surface area contributed by atoms with Crippen LogP contribution in [0.25, 0.3) is 60.1 Å². The molecule has 0 aliphatic heterocycles. The lowest BCUT2D eigenvalue weighted by atomic mass is 9.83. The van der Waals surface area contributed by atoms with E-state index in [4.69, 9.17) is 4.98 Å². The molecule has 2 heteroatoms. The molecule has 0 atom stereocenters. The zero-order chi connectivity index (χ0) is 23.2. The number of pyridine rings is 2. The first-order valence-electron chi connectivity index (χ1n) is 12.0. The first kappa shape index (κ1) is 19.5. The van der Waals surface area contributed by atoms with Crippen molar-refractivity contribution >= 4 is 49.0 Å². The van der Waals surface area contributed by atoms with Crippen molar-refractivity contribution in [3.8, 4) is 11.1 Å². The summed E-state index contributed by atoms with van der Waals surface area (Å²) >= 11 is 0. The molecule has 0 fully saturated rings. The molecule has 34 heavy (non-hydrogen) atoms. The molecule has 3 heterocycles. The van der Waals surface area contributed by atoms with Crippen LogP contribution in [0.15, 0.2) is 85.1 Å². The van der Waals surface area contributed by atoms with Gasteiger partial charge in [0.15, 0.2) is 0 Å². The van der Waals surface area contributed by atoms with Crippen molar-refractivity contribution < 1.29 is 0 Å². The molecule has 0 bridgehead atoms. The predicted molar refractivity (Wildman–Crippen MR) is 145 cm³/mol. The maximum absolute atomic E-state index is 4.98. The van der Waals surface area contributed by atoms with E-state index in [0.29, 0.717) is 0 Å². The Morgan fingerprint density at radius 2 is 1.50 bits per heavy atom. The topological polar surface area (TPSA) is 17.3 Å². The van der Waals surface area contributed by atoms with Gasteiger partial charge in [0, 0.05) is 27.7 Å². The van der Waals surface area contributed by atoms with Crippen molar-refractivity contribution in [3.05, 3.63) is 96.2 Å². The van der Waals surface area contributed by atoms with Crippen molar-refractivity contribution in [3.63, 3.8) is 0 Å². The summed E-state index contributed by atoms with van der Waals surface area (Å²) in [6.45, 7) is 9.14. The Morgan fingerprint density at radius 3 is 2.29 bits per heavy atom. The van der Waals surface area contributed by atoms with Gasteiger partial charge in [0.1, 0.15) is 0 Å². The van der Waals surface area contributed by atoms with E-state index in [1.807, 2.05) is 6.20 Å². The zero-order valence-electron chi connectivity index (χ0n) is 20.0. The lowest BCUT2D eigenvalue weighted by Gasteiger charge is -2.24. The monoisotopic (exact) mass is 438 g/mol. The molecule has 7 aromatic rings. The maximum Gasteiger partial charge on any atom is 0.0822 e. The Balaban J connectivity index is 1.89. The molecule has 0 aliphatic rings. The third kappa shape index (κ3) is 2.48. The summed E-state index contributed by atoms with van der Waals surface area (Å²) in [6, 6.07) is 28.9.